The lowest BCUT2D eigenvalue weighted by molar-refractivity contribution is -0.124. The molecule has 0 saturated carbocycles. The highest BCUT2D eigenvalue weighted by Crippen LogP contribution is 2.14. The SMILES string of the molecule is CCC(=O)C(C)Oc1ccc(CO)cc1. The van der Waals surface area contributed by atoms with E-state index in [0.717, 1.165) is 5.56 Å². The van der Waals surface area contributed by atoms with Crippen LogP contribution in [0.1, 0.15) is 25.8 Å². The first kappa shape index (κ1) is 11.7. The molecule has 15 heavy (non-hydrogen) atoms. The third kappa shape index (κ3) is 3.36. The van der Waals surface area contributed by atoms with Crippen LogP contribution >= 0.6 is 0 Å². The first-order valence-corrected chi connectivity index (χ1v) is 5.06. The van der Waals surface area contributed by atoms with Crippen molar-refractivity contribution < 1.29 is 14.6 Å². The largest absolute Gasteiger partial charge is 0.483 e. The van der Waals surface area contributed by atoms with E-state index in [9.17, 15) is 4.79 Å². The standard InChI is InChI=1S/C12H16O3/c1-3-12(14)9(2)15-11-6-4-10(8-13)5-7-11/h4-7,9,13H,3,8H2,1-2H3. The number of aliphatic hydroxyl groups is 1. The van der Waals surface area contributed by atoms with Crippen molar-refractivity contribution in [2.24, 2.45) is 0 Å². The lowest BCUT2D eigenvalue weighted by atomic mass is 10.2. The molecule has 1 atom stereocenters. The minimum absolute atomic E-state index is 0.0176. The number of ether oxygens (including phenoxy) is 1. The molecule has 0 saturated heterocycles. The highest BCUT2D eigenvalue weighted by atomic mass is 16.5. The first-order valence-electron chi connectivity index (χ1n) is 5.06. The Bertz CT molecular complexity index is 316. The average Bonchev–Trinajstić information content (AvgIpc) is 2.29. The van der Waals surface area contributed by atoms with E-state index in [1.807, 2.05) is 6.92 Å². The number of benzene rings is 1. The van der Waals surface area contributed by atoms with E-state index in [2.05, 4.69) is 0 Å². The summed E-state index contributed by atoms with van der Waals surface area (Å²) in [4.78, 5) is 11.3. The van der Waals surface area contributed by atoms with Gasteiger partial charge in [0.25, 0.3) is 0 Å². The van der Waals surface area contributed by atoms with E-state index in [-0.39, 0.29) is 12.4 Å². The number of aliphatic hydroxyl groups excluding tert-OH is 1. The van der Waals surface area contributed by atoms with Crippen LogP contribution in [0.4, 0.5) is 0 Å². The molecule has 0 radical (unpaired) electrons. The van der Waals surface area contributed by atoms with E-state index in [4.69, 9.17) is 9.84 Å². The summed E-state index contributed by atoms with van der Waals surface area (Å²) in [5, 5.41) is 8.84. The van der Waals surface area contributed by atoms with Crippen molar-refractivity contribution >= 4 is 5.78 Å². The van der Waals surface area contributed by atoms with E-state index < -0.39 is 6.10 Å². The predicted octanol–water partition coefficient (Wildman–Crippen LogP) is 1.93. The maximum Gasteiger partial charge on any atom is 0.172 e. The van der Waals surface area contributed by atoms with Crippen LogP contribution in [0.25, 0.3) is 0 Å². The summed E-state index contributed by atoms with van der Waals surface area (Å²) in [6, 6.07) is 7.06. The molecule has 0 amide bonds. The predicted molar refractivity (Wildman–Crippen MR) is 57.8 cm³/mol. The van der Waals surface area contributed by atoms with Crippen LogP contribution < -0.4 is 4.74 Å². The van der Waals surface area contributed by atoms with Crippen molar-refractivity contribution in [2.75, 3.05) is 0 Å². The van der Waals surface area contributed by atoms with Gasteiger partial charge in [0.2, 0.25) is 0 Å². The summed E-state index contributed by atoms with van der Waals surface area (Å²) < 4.78 is 5.44. The van der Waals surface area contributed by atoms with Crippen molar-refractivity contribution in [1.82, 2.24) is 0 Å². The molecule has 3 nitrogen and oxygen atoms in total. The van der Waals surface area contributed by atoms with Crippen molar-refractivity contribution in [3.63, 3.8) is 0 Å². The van der Waals surface area contributed by atoms with Crippen LogP contribution in [0.15, 0.2) is 24.3 Å². The third-order valence-corrected chi connectivity index (χ3v) is 2.22. The van der Waals surface area contributed by atoms with Gasteiger partial charge >= 0.3 is 0 Å². The van der Waals surface area contributed by atoms with Gasteiger partial charge in [-0.2, -0.15) is 0 Å². The molecule has 1 aromatic rings. The fraction of sp³-hybridized carbons (Fsp3) is 0.417. The van der Waals surface area contributed by atoms with Crippen LogP contribution in [-0.2, 0) is 11.4 Å². The Labute approximate surface area is 89.7 Å². The summed E-state index contributed by atoms with van der Waals surface area (Å²) in [5.74, 6) is 0.739. The van der Waals surface area contributed by atoms with Crippen LogP contribution in [0.3, 0.4) is 0 Å². The van der Waals surface area contributed by atoms with Crippen LogP contribution in [0.2, 0.25) is 0 Å². The number of hydrogen-bond donors (Lipinski definition) is 1. The molecule has 0 aromatic heterocycles. The van der Waals surface area contributed by atoms with Gasteiger partial charge in [0.15, 0.2) is 11.9 Å². The number of rotatable bonds is 5. The topological polar surface area (TPSA) is 46.5 Å². The molecule has 0 spiro atoms. The molecule has 0 bridgehead atoms. The highest BCUT2D eigenvalue weighted by Gasteiger charge is 2.11. The summed E-state index contributed by atoms with van der Waals surface area (Å²) >= 11 is 0. The summed E-state index contributed by atoms with van der Waals surface area (Å²) in [6.45, 7) is 3.58. The van der Waals surface area contributed by atoms with Gasteiger partial charge in [-0.15, -0.1) is 0 Å². The van der Waals surface area contributed by atoms with E-state index in [0.29, 0.717) is 12.2 Å². The van der Waals surface area contributed by atoms with Crippen molar-refractivity contribution in [2.45, 2.75) is 33.0 Å². The Morgan fingerprint density at radius 2 is 2.00 bits per heavy atom. The molecule has 82 valence electrons. The van der Waals surface area contributed by atoms with Gasteiger partial charge in [-0.25, -0.2) is 0 Å². The minimum Gasteiger partial charge on any atom is -0.483 e. The number of ketones is 1. The van der Waals surface area contributed by atoms with E-state index in [1.54, 1.807) is 31.2 Å². The number of Topliss-reactive ketones (excluding diaryl/α,β-unsaturated/α-hetero) is 1. The van der Waals surface area contributed by atoms with Gasteiger partial charge in [-0.05, 0) is 24.6 Å². The second-order valence-corrected chi connectivity index (χ2v) is 3.38. The molecule has 1 rings (SSSR count). The van der Waals surface area contributed by atoms with Gasteiger partial charge in [0.05, 0.1) is 6.61 Å². The van der Waals surface area contributed by atoms with Crippen molar-refractivity contribution in [3.05, 3.63) is 29.8 Å². The molecule has 0 aliphatic heterocycles. The van der Waals surface area contributed by atoms with Gasteiger partial charge < -0.3 is 9.84 Å². The zero-order chi connectivity index (χ0) is 11.3. The molecule has 1 aromatic carbocycles. The molecule has 0 fully saturated rings. The number of carbonyl (C=O) groups is 1. The van der Waals surface area contributed by atoms with E-state index in [1.165, 1.54) is 0 Å². The average molecular weight is 208 g/mol. The zero-order valence-electron chi connectivity index (χ0n) is 9.06. The van der Waals surface area contributed by atoms with Crippen LogP contribution in [0.5, 0.6) is 5.75 Å². The molecule has 0 aliphatic carbocycles. The van der Waals surface area contributed by atoms with Gasteiger partial charge in [0.1, 0.15) is 5.75 Å². The molecular weight excluding hydrogens is 192 g/mol. The fourth-order valence-electron chi connectivity index (χ4n) is 1.23. The maximum atomic E-state index is 11.3. The van der Waals surface area contributed by atoms with Gasteiger partial charge in [-0.1, -0.05) is 19.1 Å². The molecule has 1 unspecified atom stereocenters. The van der Waals surface area contributed by atoms with Crippen LogP contribution in [0, 0.1) is 0 Å². The molecule has 1 N–H and O–H groups in total. The molecular formula is C12H16O3. The Hall–Kier alpha value is -1.35. The van der Waals surface area contributed by atoms with Crippen LogP contribution in [-0.4, -0.2) is 17.0 Å². The smallest absolute Gasteiger partial charge is 0.172 e. The fourth-order valence-corrected chi connectivity index (χ4v) is 1.23. The second kappa shape index (κ2) is 5.51. The zero-order valence-corrected chi connectivity index (χ0v) is 9.06. The Morgan fingerprint density at radius 3 is 2.47 bits per heavy atom. The second-order valence-electron chi connectivity index (χ2n) is 3.38. The van der Waals surface area contributed by atoms with Gasteiger partial charge in [0, 0.05) is 6.42 Å². The lowest BCUT2D eigenvalue weighted by Gasteiger charge is -2.12. The van der Waals surface area contributed by atoms with E-state index >= 15 is 0 Å². The minimum atomic E-state index is -0.407. The van der Waals surface area contributed by atoms with Crippen molar-refractivity contribution in [3.8, 4) is 5.75 Å². The lowest BCUT2D eigenvalue weighted by Crippen LogP contribution is -2.22. The maximum absolute atomic E-state index is 11.3. The molecule has 0 aliphatic rings. The Kier molecular flexibility index (Phi) is 4.31. The number of hydrogen-bond acceptors (Lipinski definition) is 3. The molecule has 0 heterocycles. The summed E-state index contributed by atoms with van der Waals surface area (Å²) in [6.07, 6.45) is 0.0746. The summed E-state index contributed by atoms with van der Waals surface area (Å²) in [5.41, 5.74) is 0.830. The Morgan fingerprint density at radius 1 is 1.40 bits per heavy atom. The number of carbonyl (C=O) groups excluding carboxylic acids is 1. The Balaban J connectivity index is 2.60. The monoisotopic (exact) mass is 208 g/mol. The quantitative estimate of drug-likeness (QED) is 0.804. The van der Waals surface area contributed by atoms with Gasteiger partial charge in [-0.3, -0.25) is 4.79 Å². The summed E-state index contributed by atoms with van der Waals surface area (Å²) in [7, 11) is 0. The first-order chi connectivity index (χ1) is 7.17. The highest BCUT2D eigenvalue weighted by molar-refractivity contribution is 5.82. The van der Waals surface area contributed by atoms with Crippen molar-refractivity contribution in [1.29, 1.82) is 0 Å². The normalized spacial score (nSPS) is 12.2. The molecule has 3 heteroatoms. The third-order valence-electron chi connectivity index (χ3n) is 2.22.